The van der Waals surface area contributed by atoms with Gasteiger partial charge >= 0.3 is 0 Å². The van der Waals surface area contributed by atoms with Crippen LogP contribution in [0.2, 0.25) is 15.3 Å². The average molecular weight is 861 g/mol. The van der Waals surface area contributed by atoms with Crippen LogP contribution < -0.4 is 17.2 Å². The van der Waals surface area contributed by atoms with Gasteiger partial charge in [0.15, 0.2) is 0 Å². The van der Waals surface area contributed by atoms with E-state index in [1.165, 1.54) is 6.20 Å². The predicted octanol–water partition coefficient (Wildman–Crippen LogP) is 7.12. The molecule has 2 aliphatic rings. The maximum atomic E-state index is 12.0. The second kappa shape index (κ2) is 20.1. The van der Waals surface area contributed by atoms with E-state index in [1.807, 2.05) is 68.8 Å². The molecule has 2 fully saturated rings. The Labute approximate surface area is 360 Å². The fraction of sp³-hybridized carbons (Fsp3) is 0.349. The van der Waals surface area contributed by atoms with Crippen molar-refractivity contribution in [2.75, 3.05) is 5.73 Å². The van der Waals surface area contributed by atoms with E-state index in [0.29, 0.717) is 46.6 Å². The number of hydrogen-bond donors (Lipinski definition) is 3. The number of nitrogen functional groups attached to an aromatic ring is 1. The van der Waals surface area contributed by atoms with Gasteiger partial charge in [0.1, 0.15) is 11.6 Å². The molecule has 2 aromatic carbocycles. The maximum Gasteiger partial charge on any atom is 0.228 e. The number of benzene rings is 2. The number of halogens is 3. The molecule has 8 rings (SSSR count). The summed E-state index contributed by atoms with van der Waals surface area (Å²) in [6.45, 7) is 0. The summed E-state index contributed by atoms with van der Waals surface area (Å²) >= 11 is 18.3. The summed E-state index contributed by atoms with van der Waals surface area (Å²) in [5.74, 6) is 0.783. The van der Waals surface area contributed by atoms with Crippen molar-refractivity contribution in [3.8, 4) is 0 Å². The molecule has 0 radical (unpaired) electrons. The number of aromatic nitrogens is 8. The zero-order valence-corrected chi connectivity index (χ0v) is 34.0. The van der Waals surface area contributed by atoms with Crippen LogP contribution in [0, 0.1) is 0 Å². The predicted molar refractivity (Wildman–Crippen MR) is 234 cm³/mol. The number of amides is 2. The lowest BCUT2D eigenvalue weighted by molar-refractivity contribution is -0.121. The van der Waals surface area contributed by atoms with E-state index in [9.17, 15) is 9.59 Å². The van der Waals surface area contributed by atoms with Crippen molar-refractivity contribution in [1.82, 2.24) is 39.5 Å². The minimum Gasteiger partial charge on any atom is -0.382 e. The average Bonchev–Trinajstić information content (AvgIpc) is 4.11. The fourth-order valence-corrected chi connectivity index (χ4v) is 7.40. The maximum absolute atomic E-state index is 12.0. The number of aryl methyl sites for hydroxylation is 6. The normalized spacial score (nSPS) is 13.9. The summed E-state index contributed by atoms with van der Waals surface area (Å²) in [4.78, 5) is 40.7. The van der Waals surface area contributed by atoms with E-state index < -0.39 is 10.8 Å². The van der Waals surface area contributed by atoms with Crippen molar-refractivity contribution in [1.29, 1.82) is 0 Å². The smallest absolute Gasteiger partial charge is 0.228 e. The van der Waals surface area contributed by atoms with Gasteiger partial charge in [-0.2, -0.15) is 10.2 Å². The summed E-state index contributed by atoms with van der Waals surface area (Å²) in [5.41, 5.74) is 22.3. The molecule has 6 aromatic rings. The van der Waals surface area contributed by atoms with Gasteiger partial charge < -0.3 is 17.2 Å². The molecule has 0 spiro atoms. The van der Waals surface area contributed by atoms with Gasteiger partial charge in [-0.25, -0.2) is 19.9 Å². The molecule has 4 aromatic heterocycles. The lowest BCUT2D eigenvalue weighted by Crippen LogP contribution is -2.29. The quantitative estimate of drug-likeness (QED) is 0.107. The molecule has 0 unspecified atom stereocenters. The fourth-order valence-electron chi connectivity index (χ4n) is 6.87. The van der Waals surface area contributed by atoms with Gasteiger partial charge in [-0.1, -0.05) is 86.6 Å². The molecule has 2 amide bonds. The van der Waals surface area contributed by atoms with Gasteiger partial charge in [0.25, 0.3) is 0 Å². The van der Waals surface area contributed by atoms with Crippen LogP contribution in [-0.2, 0) is 66.6 Å². The Balaban J connectivity index is 0.000000221. The molecule has 0 bridgehead atoms. The molecule has 6 N–H and O–H groups in total. The van der Waals surface area contributed by atoms with Crippen molar-refractivity contribution in [3.63, 3.8) is 0 Å². The first-order chi connectivity index (χ1) is 27.3. The number of carbonyl (C=O) groups is 2. The molecule has 2 saturated carbocycles. The molecule has 4 heterocycles. The molecule has 13 nitrogen and oxygen atoms in total. The third-order valence-corrected chi connectivity index (χ3v) is 11.1. The first kappa shape index (κ1) is 46.3. The second-order valence-corrected chi connectivity index (χ2v) is 15.4. The van der Waals surface area contributed by atoms with E-state index >= 15 is 0 Å². The number of nitrogens with zero attached hydrogens (tertiary/aromatic N) is 8. The largest absolute Gasteiger partial charge is 0.382 e. The Morgan fingerprint density at radius 1 is 0.661 bits per heavy atom. The topological polar surface area (TPSA) is 199 Å². The van der Waals surface area contributed by atoms with Crippen molar-refractivity contribution in [3.05, 3.63) is 146 Å². The second-order valence-electron chi connectivity index (χ2n) is 14.3. The van der Waals surface area contributed by atoms with Crippen molar-refractivity contribution in [2.45, 2.75) is 83.5 Å². The third kappa shape index (κ3) is 11.4. The summed E-state index contributed by atoms with van der Waals surface area (Å²) in [5, 5.41) is 9.41. The minimum atomic E-state index is -0.490. The van der Waals surface area contributed by atoms with Crippen LogP contribution in [0.25, 0.3) is 0 Å². The summed E-state index contributed by atoms with van der Waals surface area (Å²) < 4.78 is 3.42. The monoisotopic (exact) mass is 859 g/mol. The summed E-state index contributed by atoms with van der Waals surface area (Å²) in [6.07, 6.45) is 13.5. The van der Waals surface area contributed by atoms with E-state index in [2.05, 4.69) is 36.2 Å². The first-order valence-corrected chi connectivity index (χ1v) is 19.6. The number of rotatable bonds is 12. The molecule has 16 heteroatoms. The van der Waals surface area contributed by atoms with Crippen LogP contribution in [0.1, 0.15) is 85.7 Å². The van der Waals surface area contributed by atoms with Gasteiger partial charge in [0.05, 0.1) is 50.6 Å². The molecule has 0 saturated heterocycles. The Bertz CT molecular complexity index is 2350. The van der Waals surface area contributed by atoms with Crippen LogP contribution in [-0.4, -0.2) is 51.3 Å². The molecule has 0 atom stereocenters. The van der Waals surface area contributed by atoms with E-state index in [1.54, 1.807) is 27.8 Å². The highest BCUT2D eigenvalue weighted by Crippen LogP contribution is 2.50. The van der Waals surface area contributed by atoms with Gasteiger partial charge in [0.2, 0.25) is 17.1 Å². The van der Waals surface area contributed by atoms with Gasteiger partial charge in [0, 0.05) is 32.7 Å². The Hall–Kier alpha value is -5.37. The van der Waals surface area contributed by atoms with Crippen molar-refractivity contribution < 1.29 is 9.59 Å². The van der Waals surface area contributed by atoms with E-state index in [-0.39, 0.29) is 32.0 Å². The van der Waals surface area contributed by atoms with Crippen molar-refractivity contribution >= 4 is 52.4 Å². The molecule has 2 aliphatic carbocycles. The van der Waals surface area contributed by atoms with Gasteiger partial charge in [-0.3, -0.25) is 19.0 Å². The van der Waals surface area contributed by atoms with E-state index in [4.69, 9.17) is 52.0 Å². The zero-order chi connectivity index (χ0) is 40.7. The Kier molecular flexibility index (Phi) is 15.7. The molecular weight excluding hydrogens is 809 g/mol. The number of primary amides is 2. The van der Waals surface area contributed by atoms with Crippen LogP contribution in [0.5, 0.6) is 0 Å². The zero-order valence-electron chi connectivity index (χ0n) is 31.7. The number of anilines is 1. The van der Waals surface area contributed by atoms with Crippen LogP contribution >= 0.6 is 34.8 Å². The highest BCUT2D eigenvalue weighted by molar-refractivity contribution is 6.32. The molecule has 59 heavy (non-hydrogen) atoms. The molecular formula is C43H52Cl3N11O2. The van der Waals surface area contributed by atoms with Gasteiger partial charge in [-0.15, -0.1) is 0 Å². The van der Waals surface area contributed by atoms with E-state index in [0.717, 1.165) is 72.2 Å². The lowest BCUT2D eigenvalue weighted by atomic mass is 9.88. The molecule has 312 valence electrons. The van der Waals surface area contributed by atoms with Crippen molar-refractivity contribution in [2.24, 2.45) is 25.6 Å². The number of carbonyl (C=O) groups excluding carboxylic acids is 2. The Morgan fingerprint density at radius 3 is 1.56 bits per heavy atom. The Morgan fingerprint density at radius 2 is 1.14 bits per heavy atom. The summed E-state index contributed by atoms with van der Waals surface area (Å²) in [7, 11) is 3.71. The molecule has 0 aliphatic heterocycles. The highest BCUT2D eigenvalue weighted by Gasteiger charge is 2.51. The lowest BCUT2D eigenvalue weighted by Gasteiger charge is -2.16. The number of nitrogens with two attached hydrogens (primary N) is 3. The standard InChI is InChI=1S/C21H22ClN5O.C16H15Cl2N3O.C4H7N3.2CH4/c1-27-11-8-15(26-27)12-19-24-13-17(22)18(25-19)7-6-14-4-2-3-5-16(14)21(9-10-21)20(23)28;17-12-9-20-15(18)21-13(12)6-5-10-3-1-2-4-11(10)16(7-8-16)14(19)22;1-7-3-2-4(5)6-7;;/h2-5,8,11,13H,6-7,9-10,12H2,1H3,(H2,23,28);1-4,9H,5-8H2,(H2,19,22);2-3H,1H3,(H2,5,6);2*1H4. The minimum absolute atomic E-state index is 0. The third-order valence-electron chi connectivity index (χ3n) is 10.3. The first-order valence-electron chi connectivity index (χ1n) is 18.5. The SMILES string of the molecule is C.C.Cn1ccc(Cc2ncc(Cl)c(CCc3ccccc3C3(C(N)=O)CC3)n2)n1.Cn1ccc(N)n1.NC(=O)C1(c2ccccc2CCc2nc(Cl)ncc2Cl)CC1. The highest BCUT2D eigenvalue weighted by atomic mass is 35.5. The van der Waals surface area contributed by atoms with Crippen LogP contribution in [0.4, 0.5) is 5.82 Å². The van der Waals surface area contributed by atoms with Crippen LogP contribution in [0.3, 0.4) is 0 Å². The van der Waals surface area contributed by atoms with Gasteiger partial charge in [-0.05, 0) is 97.4 Å². The summed E-state index contributed by atoms with van der Waals surface area (Å²) in [6, 6.07) is 19.6. The van der Waals surface area contributed by atoms with Crippen LogP contribution in [0.15, 0.2) is 85.5 Å². The number of hydrogen-bond acceptors (Lipinski definition) is 9.